The van der Waals surface area contributed by atoms with Crippen molar-refractivity contribution in [1.29, 1.82) is 0 Å². The molecule has 8 heteroatoms. The lowest BCUT2D eigenvalue weighted by Gasteiger charge is -2.31. The molecule has 28 heavy (non-hydrogen) atoms. The zero-order chi connectivity index (χ0) is 19.9. The Morgan fingerprint density at radius 3 is 2.75 bits per heavy atom. The van der Waals surface area contributed by atoms with Crippen LogP contribution in [0.25, 0.3) is 11.0 Å². The van der Waals surface area contributed by atoms with Crippen molar-refractivity contribution in [2.24, 2.45) is 0 Å². The van der Waals surface area contributed by atoms with Crippen molar-refractivity contribution in [2.45, 2.75) is 44.8 Å². The van der Waals surface area contributed by atoms with E-state index in [0.29, 0.717) is 5.65 Å². The molecule has 2 aromatic rings. The van der Waals surface area contributed by atoms with Gasteiger partial charge in [0.05, 0.1) is 17.0 Å². The standard InChI is InChI=1S/C20H25N5O3/c1-4-16(26)25-10-5-9-23(12-20(25)7-8-20)17-15-6-11-24(18(15)22-13-21-17)19(27)28-14(2)3/h4,6,11,13-14H,1,5,7-10,12H2,2-3H3. The van der Waals surface area contributed by atoms with Gasteiger partial charge in [-0.15, -0.1) is 0 Å². The van der Waals surface area contributed by atoms with Crippen LogP contribution in [0.1, 0.15) is 33.1 Å². The van der Waals surface area contributed by atoms with Crippen LogP contribution in [0, 0.1) is 0 Å². The number of carbonyl (C=O) groups is 2. The lowest BCUT2D eigenvalue weighted by atomic mass is 10.2. The van der Waals surface area contributed by atoms with Gasteiger partial charge >= 0.3 is 6.09 Å². The molecular weight excluding hydrogens is 358 g/mol. The Bertz CT molecular complexity index is 931. The molecule has 1 spiro atoms. The molecule has 1 aliphatic carbocycles. The summed E-state index contributed by atoms with van der Waals surface area (Å²) in [5.74, 6) is 0.787. The first kappa shape index (κ1) is 18.5. The molecule has 2 aromatic heterocycles. The molecule has 0 atom stereocenters. The van der Waals surface area contributed by atoms with Gasteiger partial charge in [0.25, 0.3) is 0 Å². The van der Waals surface area contributed by atoms with Gasteiger partial charge < -0.3 is 14.5 Å². The van der Waals surface area contributed by atoms with Crippen LogP contribution >= 0.6 is 0 Å². The molecule has 1 aliphatic heterocycles. The molecule has 0 aromatic carbocycles. The number of hydrogen-bond acceptors (Lipinski definition) is 6. The van der Waals surface area contributed by atoms with Crippen LogP contribution in [0.5, 0.6) is 0 Å². The van der Waals surface area contributed by atoms with Crippen LogP contribution in [-0.4, -0.2) is 62.7 Å². The Hall–Kier alpha value is -2.90. The molecule has 2 fully saturated rings. The second-order valence-corrected chi connectivity index (χ2v) is 7.75. The summed E-state index contributed by atoms with van der Waals surface area (Å²) in [6.07, 6.45) is 6.71. The normalized spacial score (nSPS) is 18.4. The van der Waals surface area contributed by atoms with E-state index in [9.17, 15) is 9.59 Å². The lowest BCUT2D eigenvalue weighted by molar-refractivity contribution is -0.128. The molecule has 4 rings (SSSR count). The molecule has 1 saturated heterocycles. The van der Waals surface area contributed by atoms with Crippen LogP contribution < -0.4 is 4.90 Å². The highest BCUT2D eigenvalue weighted by molar-refractivity contribution is 5.93. The van der Waals surface area contributed by atoms with Gasteiger partial charge in [-0.05, 0) is 45.3 Å². The molecule has 2 aliphatic rings. The lowest BCUT2D eigenvalue weighted by Crippen LogP contribution is -2.46. The van der Waals surface area contributed by atoms with E-state index in [2.05, 4.69) is 21.4 Å². The van der Waals surface area contributed by atoms with Crippen molar-refractivity contribution in [3.8, 4) is 0 Å². The molecule has 0 unspecified atom stereocenters. The minimum Gasteiger partial charge on any atom is -0.446 e. The van der Waals surface area contributed by atoms with Gasteiger partial charge in [-0.25, -0.2) is 19.3 Å². The first-order valence-corrected chi connectivity index (χ1v) is 9.67. The maximum atomic E-state index is 12.4. The van der Waals surface area contributed by atoms with Crippen molar-refractivity contribution < 1.29 is 14.3 Å². The van der Waals surface area contributed by atoms with E-state index in [-0.39, 0.29) is 17.6 Å². The second kappa shape index (κ2) is 6.92. The SMILES string of the molecule is C=CC(=O)N1CCCN(c2ncnc3c2ccn3C(=O)OC(C)C)CC12CC2. The van der Waals surface area contributed by atoms with Gasteiger partial charge in [0.2, 0.25) is 5.91 Å². The number of ether oxygens (including phenoxy) is 1. The third kappa shape index (κ3) is 3.12. The highest BCUT2D eigenvalue weighted by atomic mass is 16.6. The second-order valence-electron chi connectivity index (χ2n) is 7.75. The summed E-state index contributed by atoms with van der Waals surface area (Å²) in [6, 6.07) is 1.85. The predicted molar refractivity (Wildman–Crippen MR) is 105 cm³/mol. The molecule has 8 nitrogen and oxygen atoms in total. The quantitative estimate of drug-likeness (QED) is 0.758. The van der Waals surface area contributed by atoms with E-state index in [1.165, 1.54) is 17.0 Å². The Labute approximate surface area is 163 Å². The third-order valence-corrected chi connectivity index (χ3v) is 5.43. The Morgan fingerprint density at radius 2 is 2.07 bits per heavy atom. The van der Waals surface area contributed by atoms with Gasteiger partial charge in [0.1, 0.15) is 12.1 Å². The van der Waals surface area contributed by atoms with E-state index in [1.807, 2.05) is 24.8 Å². The summed E-state index contributed by atoms with van der Waals surface area (Å²) >= 11 is 0. The first-order valence-electron chi connectivity index (χ1n) is 9.67. The molecule has 148 valence electrons. The van der Waals surface area contributed by atoms with Gasteiger partial charge in [-0.2, -0.15) is 0 Å². The van der Waals surface area contributed by atoms with Gasteiger partial charge in [0, 0.05) is 25.8 Å². The first-order chi connectivity index (χ1) is 13.4. The van der Waals surface area contributed by atoms with Crippen molar-refractivity contribution >= 4 is 28.9 Å². The number of fused-ring (bicyclic) bond motifs is 1. The fourth-order valence-electron chi connectivity index (χ4n) is 3.98. The molecule has 0 N–H and O–H groups in total. The minimum atomic E-state index is -0.452. The van der Waals surface area contributed by atoms with E-state index < -0.39 is 6.09 Å². The average molecular weight is 383 g/mol. The molecule has 0 radical (unpaired) electrons. The zero-order valence-electron chi connectivity index (χ0n) is 16.3. The summed E-state index contributed by atoms with van der Waals surface area (Å²) in [7, 11) is 0. The van der Waals surface area contributed by atoms with E-state index >= 15 is 0 Å². The summed E-state index contributed by atoms with van der Waals surface area (Å²) in [4.78, 5) is 37.7. The fourth-order valence-corrected chi connectivity index (χ4v) is 3.98. The topological polar surface area (TPSA) is 80.6 Å². The highest BCUT2D eigenvalue weighted by Gasteiger charge is 2.51. The predicted octanol–water partition coefficient (Wildman–Crippen LogP) is 2.58. The van der Waals surface area contributed by atoms with Crippen molar-refractivity contribution in [3.63, 3.8) is 0 Å². The number of aromatic nitrogens is 3. The van der Waals surface area contributed by atoms with E-state index in [4.69, 9.17) is 4.74 Å². The number of nitrogens with zero attached hydrogens (tertiary/aromatic N) is 5. The van der Waals surface area contributed by atoms with Gasteiger partial charge in [-0.3, -0.25) is 4.79 Å². The van der Waals surface area contributed by atoms with Crippen LogP contribution in [-0.2, 0) is 9.53 Å². The summed E-state index contributed by atoms with van der Waals surface area (Å²) < 4.78 is 6.72. The maximum absolute atomic E-state index is 12.4. The monoisotopic (exact) mass is 383 g/mol. The third-order valence-electron chi connectivity index (χ3n) is 5.43. The Kier molecular flexibility index (Phi) is 4.56. The fraction of sp³-hybridized carbons (Fsp3) is 0.500. The minimum absolute atomic E-state index is 0.00484. The average Bonchev–Trinajstić information content (AvgIpc) is 3.35. The number of carbonyl (C=O) groups excluding carboxylic acids is 2. The number of anilines is 1. The maximum Gasteiger partial charge on any atom is 0.419 e. The molecule has 3 heterocycles. The van der Waals surface area contributed by atoms with E-state index in [1.54, 1.807) is 6.20 Å². The Morgan fingerprint density at radius 1 is 1.29 bits per heavy atom. The number of hydrogen-bond donors (Lipinski definition) is 0. The van der Waals surface area contributed by atoms with Crippen molar-refractivity contribution in [1.82, 2.24) is 19.4 Å². The molecular formula is C20H25N5O3. The highest BCUT2D eigenvalue weighted by Crippen LogP contribution is 2.45. The zero-order valence-corrected chi connectivity index (χ0v) is 16.3. The summed E-state index contributed by atoms with van der Waals surface area (Å²) in [6.45, 7) is 9.50. The van der Waals surface area contributed by atoms with Crippen LogP contribution in [0.4, 0.5) is 10.6 Å². The van der Waals surface area contributed by atoms with Crippen LogP contribution in [0.2, 0.25) is 0 Å². The van der Waals surface area contributed by atoms with Gasteiger partial charge in [0.15, 0.2) is 5.65 Å². The van der Waals surface area contributed by atoms with Gasteiger partial charge in [-0.1, -0.05) is 6.58 Å². The molecule has 1 saturated carbocycles. The summed E-state index contributed by atoms with van der Waals surface area (Å²) in [5.41, 5.74) is 0.391. The van der Waals surface area contributed by atoms with Crippen LogP contribution in [0.15, 0.2) is 31.2 Å². The summed E-state index contributed by atoms with van der Waals surface area (Å²) in [5, 5.41) is 0.808. The van der Waals surface area contributed by atoms with Crippen LogP contribution in [0.3, 0.4) is 0 Å². The van der Waals surface area contributed by atoms with E-state index in [0.717, 1.165) is 50.1 Å². The van der Waals surface area contributed by atoms with Crippen molar-refractivity contribution in [2.75, 3.05) is 24.5 Å². The molecule has 1 amide bonds. The number of rotatable bonds is 3. The smallest absolute Gasteiger partial charge is 0.419 e. The Balaban J connectivity index is 1.66. The number of amides is 1. The van der Waals surface area contributed by atoms with Crippen molar-refractivity contribution in [3.05, 3.63) is 31.2 Å². The largest absolute Gasteiger partial charge is 0.446 e. The molecule has 0 bridgehead atoms.